The van der Waals surface area contributed by atoms with Gasteiger partial charge in [-0.1, -0.05) is 83.6 Å². The van der Waals surface area contributed by atoms with E-state index in [4.69, 9.17) is 4.74 Å². The molecule has 6 heteroatoms. The molecule has 1 amide bonds. The highest BCUT2D eigenvalue weighted by molar-refractivity contribution is 5.97. The van der Waals surface area contributed by atoms with Crippen LogP contribution in [0.5, 0.6) is 0 Å². The fourth-order valence-electron chi connectivity index (χ4n) is 3.28. The van der Waals surface area contributed by atoms with Crippen LogP contribution in [0.25, 0.3) is 0 Å². The molecule has 0 heterocycles. The summed E-state index contributed by atoms with van der Waals surface area (Å²) in [7, 11) is 0. The Bertz CT molecular complexity index is 617. The van der Waals surface area contributed by atoms with E-state index in [0.717, 1.165) is 31.4 Å². The van der Waals surface area contributed by atoms with E-state index in [1.807, 2.05) is 0 Å². The summed E-state index contributed by atoms with van der Waals surface area (Å²) in [6.07, 6.45) is 14.6. The number of benzene rings is 1. The van der Waals surface area contributed by atoms with Crippen molar-refractivity contribution in [2.24, 2.45) is 0 Å². The summed E-state index contributed by atoms with van der Waals surface area (Å²) >= 11 is 0. The average Bonchev–Trinajstić information content (AvgIpc) is 2.71. The predicted molar refractivity (Wildman–Crippen MR) is 115 cm³/mol. The van der Waals surface area contributed by atoms with Crippen LogP contribution in [0.4, 0.5) is 8.78 Å². The smallest absolute Gasteiger partial charge is 0.328 e. The van der Waals surface area contributed by atoms with Gasteiger partial charge in [-0.2, -0.15) is 0 Å². The summed E-state index contributed by atoms with van der Waals surface area (Å²) in [5.41, 5.74) is -0.696. The number of carbonyl (C=O) groups is 2. The van der Waals surface area contributed by atoms with Gasteiger partial charge in [-0.3, -0.25) is 4.79 Å². The molecule has 1 aromatic rings. The zero-order valence-corrected chi connectivity index (χ0v) is 18.5. The van der Waals surface area contributed by atoms with Crippen LogP contribution in [0.15, 0.2) is 18.2 Å². The number of esters is 1. The SMILES string of the molecule is CCCCCCCCCCCCCCOC(=O)C(C)NC(=O)c1c(F)cccc1F. The minimum Gasteiger partial charge on any atom is -0.464 e. The van der Waals surface area contributed by atoms with Crippen molar-refractivity contribution >= 4 is 11.9 Å². The standard InChI is InChI=1S/C24H37F2NO3/c1-3-4-5-6-7-8-9-10-11-12-13-14-18-30-24(29)19(2)27-23(28)22-20(25)16-15-17-21(22)26/h15-17,19H,3-14,18H2,1-2H3,(H,27,28). The number of rotatable bonds is 16. The van der Waals surface area contributed by atoms with Crippen LogP contribution in [0.2, 0.25) is 0 Å². The van der Waals surface area contributed by atoms with Crippen LogP contribution < -0.4 is 5.32 Å². The third-order valence-corrected chi connectivity index (χ3v) is 5.13. The third-order valence-electron chi connectivity index (χ3n) is 5.13. The number of carbonyl (C=O) groups excluding carboxylic acids is 2. The molecule has 0 radical (unpaired) electrons. The van der Waals surface area contributed by atoms with Crippen molar-refractivity contribution in [1.82, 2.24) is 5.32 Å². The number of hydrogen-bond acceptors (Lipinski definition) is 3. The van der Waals surface area contributed by atoms with E-state index in [-0.39, 0.29) is 6.61 Å². The first-order chi connectivity index (χ1) is 14.5. The largest absolute Gasteiger partial charge is 0.464 e. The molecule has 1 rings (SSSR count). The van der Waals surface area contributed by atoms with Gasteiger partial charge in [0.25, 0.3) is 5.91 Å². The molecule has 0 spiro atoms. The average molecular weight is 426 g/mol. The fourth-order valence-corrected chi connectivity index (χ4v) is 3.28. The molecule has 0 aliphatic rings. The molecule has 1 N–H and O–H groups in total. The van der Waals surface area contributed by atoms with E-state index in [1.165, 1.54) is 70.8 Å². The van der Waals surface area contributed by atoms with Crippen LogP contribution in [-0.2, 0) is 9.53 Å². The number of unbranched alkanes of at least 4 members (excludes halogenated alkanes) is 11. The molecule has 0 aliphatic carbocycles. The minimum absolute atomic E-state index is 0.282. The first-order valence-corrected chi connectivity index (χ1v) is 11.4. The number of hydrogen-bond donors (Lipinski definition) is 1. The maximum absolute atomic E-state index is 13.6. The number of ether oxygens (including phenoxy) is 1. The van der Waals surface area contributed by atoms with Crippen molar-refractivity contribution in [1.29, 1.82) is 0 Å². The van der Waals surface area contributed by atoms with E-state index >= 15 is 0 Å². The summed E-state index contributed by atoms with van der Waals surface area (Å²) in [6, 6.07) is 2.19. The van der Waals surface area contributed by atoms with Gasteiger partial charge in [0.05, 0.1) is 6.61 Å². The molecule has 30 heavy (non-hydrogen) atoms. The fraction of sp³-hybridized carbons (Fsp3) is 0.667. The molecule has 0 bridgehead atoms. The number of amides is 1. The maximum Gasteiger partial charge on any atom is 0.328 e. The van der Waals surface area contributed by atoms with Gasteiger partial charge in [0.1, 0.15) is 23.2 Å². The molecular formula is C24H37F2NO3. The molecule has 1 aromatic carbocycles. The van der Waals surface area contributed by atoms with Crippen molar-refractivity contribution in [3.63, 3.8) is 0 Å². The van der Waals surface area contributed by atoms with Crippen LogP contribution in [0.1, 0.15) is 101 Å². The highest BCUT2D eigenvalue weighted by Crippen LogP contribution is 2.13. The molecule has 0 saturated heterocycles. The molecule has 170 valence electrons. The lowest BCUT2D eigenvalue weighted by Gasteiger charge is -2.14. The Morgan fingerprint density at radius 3 is 1.83 bits per heavy atom. The second-order valence-corrected chi connectivity index (χ2v) is 7.85. The molecular weight excluding hydrogens is 388 g/mol. The van der Waals surface area contributed by atoms with Gasteiger partial charge in [0, 0.05) is 0 Å². The molecule has 1 unspecified atom stereocenters. The Hall–Kier alpha value is -1.98. The summed E-state index contributed by atoms with van der Waals surface area (Å²) in [5.74, 6) is -3.52. The molecule has 0 aliphatic heterocycles. The Kier molecular flexibility index (Phi) is 13.7. The quantitative estimate of drug-likeness (QED) is 0.249. The second-order valence-electron chi connectivity index (χ2n) is 7.85. The summed E-state index contributed by atoms with van der Waals surface area (Å²) < 4.78 is 32.4. The third kappa shape index (κ3) is 10.7. The highest BCUT2D eigenvalue weighted by atomic mass is 19.1. The first-order valence-electron chi connectivity index (χ1n) is 11.4. The van der Waals surface area contributed by atoms with Gasteiger partial charge in [0.2, 0.25) is 0 Å². The maximum atomic E-state index is 13.6. The topological polar surface area (TPSA) is 55.4 Å². The highest BCUT2D eigenvalue weighted by Gasteiger charge is 2.22. The zero-order chi connectivity index (χ0) is 22.2. The monoisotopic (exact) mass is 425 g/mol. The van der Waals surface area contributed by atoms with Crippen molar-refractivity contribution in [2.75, 3.05) is 6.61 Å². The summed E-state index contributed by atoms with van der Waals surface area (Å²) in [4.78, 5) is 23.9. The van der Waals surface area contributed by atoms with Crippen molar-refractivity contribution < 1.29 is 23.1 Å². The lowest BCUT2D eigenvalue weighted by atomic mass is 10.1. The minimum atomic E-state index is -0.978. The molecule has 0 aromatic heterocycles. The Morgan fingerprint density at radius 1 is 0.867 bits per heavy atom. The Labute approximate surface area is 179 Å². The Morgan fingerprint density at radius 2 is 1.33 bits per heavy atom. The predicted octanol–water partition coefficient (Wildman–Crippen LogP) is 6.33. The molecule has 0 saturated carbocycles. The lowest BCUT2D eigenvalue weighted by molar-refractivity contribution is -0.145. The van der Waals surface area contributed by atoms with E-state index in [2.05, 4.69) is 12.2 Å². The zero-order valence-electron chi connectivity index (χ0n) is 18.5. The summed E-state index contributed by atoms with van der Waals surface area (Å²) in [6.45, 7) is 3.95. The van der Waals surface area contributed by atoms with Gasteiger partial charge < -0.3 is 10.1 Å². The number of nitrogens with one attached hydrogen (secondary N) is 1. The molecule has 0 fully saturated rings. The summed E-state index contributed by atoms with van der Waals surface area (Å²) in [5, 5.41) is 2.28. The van der Waals surface area contributed by atoms with Crippen molar-refractivity contribution in [3.8, 4) is 0 Å². The number of halogens is 2. The van der Waals surface area contributed by atoms with Crippen molar-refractivity contribution in [3.05, 3.63) is 35.4 Å². The van der Waals surface area contributed by atoms with Crippen LogP contribution in [-0.4, -0.2) is 24.5 Å². The van der Waals surface area contributed by atoms with Gasteiger partial charge in [0.15, 0.2) is 0 Å². The first kappa shape index (κ1) is 26.1. The van der Waals surface area contributed by atoms with Gasteiger partial charge in [-0.05, 0) is 25.5 Å². The van der Waals surface area contributed by atoms with E-state index in [9.17, 15) is 18.4 Å². The van der Waals surface area contributed by atoms with Crippen LogP contribution >= 0.6 is 0 Å². The lowest BCUT2D eigenvalue weighted by Crippen LogP contribution is -2.40. The normalized spacial score (nSPS) is 11.9. The Balaban J connectivity index is 2.07. The van der Waals surface area contributed by atoms with Crippen molar-refractivity contribution in [2.45, 2.75) is 96.9 Å². The van der Waals surface area contributed by atoms with Gasteiger partial charge >= 0.3 is 5.97 Å². The van der Waals surface area contributed by atoms with Crippen LogP contribution in [0, 0.1) is 11.6 Å². The van der Waals surface area contributed by atoms with Gasteiger partial charge in [-0.15, -0.1) is 0 Å². The molecule has 4 nitrogen and oxygen atoms in total. The van der Waals surface area contributed by atoms with E-state index in [1.54, 1.807) is 0 Å². The van der Waals surface area contributed by atoms with Gasteiger partial charge in [-0.25, -0.2) is 13.6 Å². The van der Waals surface area contributed by atoms with E-state index in [0.29, 0.717) is 0 Å². The van der Waals surface area contributed by atoms with Crippen LogP contribution in [0.3, 0.4) is 0 Å². The van der Waals surface area contributed by atoms with E-state index < -0.39 is 35.1 Å². The second kappa shape index (κ2) is 15.8. The molecule has 1 atom stereocenters.